The molecule has 0 aliphatic heterocycles. The van der Waals surface area contributed by atoms with E-state index in [2.05, 4.69) is 52.5 Å². The third-order valence-corrected chi connectivity index (χ3v) is 3.46. The van der Waals surface area contributed by atoms with Gasteiger partial charge in [-0.1, -0.05) is 19.8 Å². The highest BCUT2D eigenvalue weighted by Gasteiger charge is 2.12. The smallest absolute Gasteiger partial charge is 0.122 e. The molecule has 0 aliphatic rings. The van der Waals surface area contributed by atoms with Crippen molar-refractivity contribution in [3.05, 3.63) is 28.3 Å². The van der Waals surface area contributed by atoms with Gasteiger partial charge in [0, 0.05) is 12.3 Å². The van der Waals surface area contributed by atoms with Crippen LogP contribution < -0.4 is 4.74 Å². The molecule has 0 radical (unpaired) electrons. The van der Waals surface area contributed by atoms with E-state index in [0.717, 1.165) is 18.6 Å². The van der Waals surface area contributed by atoms with Crippen LogP contribution in [0.2, 0.25) is 0 Å². The first kappa shape index (κ1) is 14.6. The van der Waals surface area contributed by atoms with E-state index in [4.69, 9.17) is 4.74 Å². The van der Waals surface area contributed by atoms with E-state index in [-0.39, 0.29) is 0 Å². The minimum Gasteiger partial charge on any atom is -0.496 e. The molecule has 98 valence electrons. The Hall–Kier alpha value is -1.42. The average Bonchev–Trinajstić information content (AvgIpc) is 2.36. The molecule has 0 spiro atoms. The maximum absolute atomic E-state index is 5.40. The summed E-state index contributed by atoms with van der Waals surface area (Å²) < 4.78 is 5.40. The monoisotopic (exact) mass is 244 g/mol. The van der Waals surface area contributed by atoms with E-state index >= 15 is 0 Å². The highest BCUT2D eigenvalue weighted by Crippen LogP contribution is 2.28. The summed E-state index contributed by atoms with van der Waals surface area (Å²) in [5.41, 5.74) is 5.32. The Bertz CT molecular complexity index is 475. The molecule has 18 heavy (non-hydrogen) atoms. The lowest BCUT2D eigenvalue weighted by atomic mass is 9.91. The van der Waals surface area contributed by atoms with Crippen LogP contribution in [0, 0.1) is 38.5 Å². The molecule has 0 saturated heterocycles. The first-order chi connectivity index (χ1) is 8.51. The van der Waals surface area contributed by atoms with Crippen LogP contribution >= 0.6 is 0 Å². The average molecular weight is 244 g/mol. The summed E-state index contributed by atoms with van der Waals surface area (Å²) in [6, 6.07) is 2.14. The van der Waals surface area contributed by atoms with E-state index in [1.54, 1.807) is 7.11 Å². The van der Waals surface area contributed by atoms with Crippen LogP contribution in [0.4, 0.5) is 0 Å². The number of rotatable bonds is 3. The maximum atomic E-state index is 5.40. The topological polar surface area (TPSA) is 9.23 Å². The van der Waals surface area contributed by atoms with Gasteiger partial charge in [0.1, 0.15) is 5.75 Å². The van der Waals surface area contributed by atoms with Crippen molar-refractivity contribution in [2.75, 3.05) is 7.11 Å². The molecule has 0 fully saturated rings. The Morgan fingerprint density at radius 1 is 1.22 bits per heavy atom. The molecule has 1 aromatic rings. The minimum absolute atomic E-state index is 0.412. The molecule has 0 bridgehead atoms. The van der Waals surface area contributed by atoms with Crippen LogP contribution in [0.3, 0.4) is 0 Å². The lowest BCUT2D eigenvalue weighted by Gasteiger charge is -2.17. The second-order valence-electron chi connectivity index (χ2n) is 4.90. The normalized spacial score (nSPS) is 11.7. The van der Waals surface area contributed by atoms with Crippen molar-refractivity contribution >= 4 is 0 Å². The van der Waals surface area contributed by atoms with Gasteiger partial charge >= 0.3 is 0 Å². The molecule has 0 saturated carbocycles. The first-order valence-corrected chi connectivity index (χ1v) is 6.63. The van der Waals surface area contributed by atoms with Gasteiger partial charge in [-0.2, -0.15) is 0 Å². The summed E-state index contributed by atoms with van der Waals surface area (Å²) in [6.07, 6.45) is 1.96. The van der Waals surface area contributed by atoms with Crippen molar-refractivity contribution in [1.82, 2.24) is 0 Å². The zero-order valence-corrected chi connectivity index (χ0v) is 12.5. The molecule has 0 N–H and O–H groups in total. The minimum atomic E-state index is 0.412. The van der Waals surface area contributed by atoms with Crippen LogP contribution in [0.1, 0.15) is 42.5 Å². The van der Waals surface area contributed by atoms with Gasteiger partial charge in [0.15, 0.2) is 0 Å². The second kappa shape index (κ2) is 6.50. The van der Waals surface area contributed by atoms with Gasteiger partial charge in [-0.05, 0) is 55.5 Å². The van der Waals surface area contributed by atoms with Crippen molar-refractivity contribution in [3.63, 3.8) is 0 Å². The first-order valence-electron chi connectivity index (χ1n) is 6.63. The largest absolute Gasteiger partial charge is 0.496 e. The molecule has 0 amide bonds. The number of hydrogen-bond donors (Lipinski definition) is 0. The fourth-order valence-corrected chi connectivity index (χ4v) is 2.26. The molecule has 1 nitrogen and oxygen atoms in total. The van der Waals surface area contributed by atoms with E-state index < -0.39 is 0 Å². The standard InChI is InChI=1S/C17H24O/c1-7-8-9-12(2)10-16-13(3)11-17(18-6)15(5)14(16)4/h11-12H,7,10H2,1-6H3. The molecule has 0 aromatic heterocycles. The van der Waals surface area contributed by atoms with Crippen LogP contribution in [0.5, 0.6) is 5.75 Å². The molecule has 1 aromatic carbocycles. The summed E-state index contributed by atoms with van der Waals surface area (Å²) in [5, 5.41) is 0. The summed E-state index contributed by atoms with van der Waals surface area (Å²) in [7, 11) is 1.73. The second-order valence-corrected chi connectivity index (χ2v) is 4.90. The quantitative estimate of drug-likeness (QED) is 0.724. The molecule has 0 heterocycles. The number of aryl methyl sites for hydroxylation is 1. The molecule has 1 unspecified atom stereocenters. The molecule has 1 atom stereocenters. The van der Waals surface area contributed by atoms with Gasteiger partial charge in [0.05, 0.1) is 7.11 Å². The number of hydrogen-bond acceptors (Lipinski definition) is 1. The van der Waals surface area contributed by atoms with Gasteiger partial charge in [0.25, 0.3) is 0 Å². The number of methoxy groups -OCH3 is 1. The Morgan fingerprint density at radius 2 is 1.89 bits per heavy atom. The van der Waals surface area contributed by atoms with Crippen molar-refractivity contribution in [3.8, 4) is 17.6 Å². The summed E-state index contributed by atoms with van der Waals surface area (Å²) in [5.74, 6) is 7.87. The zero-order chi connectivity index (χ0) is 13.7. The lowest BCUT2D eigenvalue weighted by Crippen LogP contribution is -2.04. The van der Waals surface area contributed by atoms with E-state index in [9.17, 15) is 0 Å². The predicted octanol–water partition coefficient (Wildman–Crippen LogP) is 4.21. The van der Waals surface area contributed by atoms with E-state index in [1.807, 2.05) is 0 Å². The van der Waals surface area contributed by atoms with Crippen LogP contribution in [0.25, 0.3) is 0 Å². The predicted molar refractivity (Wildman–Crippen MR) is 78.1 cm³/mol. The van der Waals surface area contributed by atoms with Crippen molar-refractivity contribution in [1.29, 1.82) is 0 Å². The molecule has 1 heteroatoms. The summed E-state index contributed by atoms with van der Waals surface area (Å²) in [6.45, 7) is 10.7. The van der Waals surface area contributed by atoms with Crippen LogP contribution in [-0.2, 0) is 6.42 Å². The SMILES string of the molecule is CCC#CC(C)Cc1c(C)cc(OC)c(C)c1C. The molecule has 0 aliphatic carbocycles. The highest BCUT2D eigenvalue weighted by molar-refractivity contribution is 5.48. The Morgan fingerprint density at radius 3 is 2.44 bits per heavy atom. The Balaban J connectivity index is 3.07. The highest BCUT2D eigenvalue weighted by atomic mass is 16.5. The van der Waals surface area contributed by atoms with Crippen molar-refractivity contribution < 1.29 is 4.74 Å². The molecular weight excluding hydrogens is 220 g/mol. The van der Waals surface area contributed by atoms with Crippen LogP contribution in [0.15, 0.2) is 6.07 Å². The zero-order valence-electron chi connectivity index (χ0n) is 12.5. The van der Waals surface area contributed by atoms with Gasteiger partial charge in [-0.25, -0.2) is 0 Å². The lowest BCUT2D eigenvalue weighted by molar-refractivity contribution is 0.410. The molecular formula is C17H24O. The summed E-state index contributed by atoms with van der Waals surface area (Å²) in [4.78, 5) is 0. The Kier molecular flexibility index (Phi) is 5.28. The van der Waals surface area contributed by atoms with Gasteiger partial charge in [0.2, 0.25) is 0 Å². The van der Waals surface area contributed by atoms with Gasteiger partial charge < -0.3 is 4.74 Å². The van der Waals surface area contributed by atoms with Crippen molar-refractivity contribution in [2.24, 2.45) is 5.92 Å². The maximum Gasteiger partial charge on any atom is 0.122 e. The fourth-order valence-electron chi connectivity index (χ4n) is 2.26. The van der Waals surface area contributed by atoms with E-state index in [1.165, 1.54) is 22.3 Å². The van der Waals surface area contributed by atoms with Gasteiger partial charge in [-0.15, -0.1) is 5.92 Å². The van der Waals surface area contributed by atoms with Gasteiger partial charge in [-0.3, -0.25) is 0 Å². The molecule has 1 rings (SSSR count). The third kappa shape index (κ3) is 3.29. The third-order valence-electron chi connectivity index (χ3n) is 3.46. The van der Waals surface area contributed by atoms with Crippen LogP contribution in [-0.4, -0.2) is 7.11 Å². The number of benzene rings is 1. The van der Waals surface area contributed by atoms with E-state index in [0.29, 0.717) is 5.92 Å². The van der Waals surface area contributed by atoms with Crippen molar-refractivity contribution in [2.45, 2.75) is 47.5 Å². The Labute approximate surface area is 112 Å². The fraction of sp³-hybridized carbons (Fsp3) is 0.529. The number of ether oxygens (including phenoxy) is 1. The summed E-state index contributed by atoms with van der Waals surface area (Å²) >= 11 is 0.